The first-order chi connectivity index (χ1) is 17.0. The van der Waals surface area contributed by atoms with Crippen molar-refractivity contribution in [3.05, 3.63) is 119 Å². The fourth-order valence-electron chi connectivity index (χ4n) is 3.79. The molecule has 0 radical (unpaired) electrons. The monoisotopic (exact) mass is 482 g/mol. The molecule has 1 amide bonds. The second-order valence-electron chi connectivity index (χ2n) is 7.61. The van der Waals surface area contributed by atoms with Gasteiger partial charge in [-0.15, -0.1) is 0 Å². The second-order valence-corrected chi connectivity index (χ2v) is 8.05. The number of halogens is 1. The number of aromatic nitrogens is 3. The van der Waals surface area contributed by atoms with Crippen molar-refractivity contribution in [3.8, 4) is 22.9 Å². The Morgan fingerprint density at radius 3 is 2.46 bits per heavy atom. The highest BCUT2D eigenvalue weighted by Crippen LogP contribution is 2.26. The lowest BCUT2D eigenvalue weighted by molar-refractivity contribution is -0.111. The summed E-state index contributed by atoms with van der Waals surface area (Å²) < 4.78 is 9.03. The van der Waals surface area contributed by atoms with Gasteiger partial charge in [-0.3, -0.25) is 18.9 Å². The lowest BCUT2D eigenvalue weighted by Gasteiger charge is -2.08. The maximum atomic E-state index is 13.6. The summed E-state index contributed by atoms with van der Waals surface area (Å²) in [5, 5.41) is 3.31. The van der Waals surface area contributed by atoms with Crippen molar-refractivity contribution in [1.82, 2.24) is 14.1 Å². The van der Waals surface area contributed by atoms with Gasteiger partial charge in [0.15, 0.2) is 0 Å². The molecular weight excluding hydrogens is 464 g/mol. The molecule has 0 atom stereocenters. The zero-order valence-electron chi connectivity index (χ0n) is 18.4. The van der Waals surface area contributed by atoms with Gasteiger partial charge in [-0.25, -0.2) is 4.79 Å². The molecule has 3 aromatic carbocycles. The minimum Gasteiger partial charge on any atom is -0.457 e. The second kappa shape index (κ2) is 9.32. The van der Waals surface area contributed by atoms with E-state index in [1.165, 1.54) is 6.08 Å². The molecule has 0 aliphatic rings. The number of carbonyl (C=O) groups excluding carboxylic acids is 1. The third-order valence-corrected chi connectivity index (χ3v) is 5.56. The van der Waals surface area contributed by atoms with Crippen molar-refractivity contribution in [2.24, 2.45) is 0 Å². The summed E-state index contributed by atoms with van der Waals surface area (Å²) in [6, 6.07) is 23.1. The first kappa shape index (κ1) is 22.2. The van der Waals surface area contributed by atoms with Gasteiger partial charge in [0.05, 0.1) is 28.6 Å². The third kappa shape index (κ3) is 4.45. The molecule has 0 aliphatic carbocycles. The van der Waals surface area contributed by atoms with E-state index in [-0.39, 0.29) is 11.6 Å². The van der Waals surface area contributed by atoms with E-state index in [1.54, 1.807) is 88.3 Å². The SMILES string of the molecule is C=CC(=O)Nc1cccc(-n2c(=O)n(-c3ccc(Oc4cccc(Cl)c4)cc3)c3cnccc32)c1. The van der Waals surface area contributed by atoms with Crippen molar-refractivity contribution >= 4 is 34.2 Å². The van der Waals surface area contributed by atoms with Gasteiger partial charge >= 0.3 is 5.69 Å². The van der Waals surface area contributed by atoms with Crippen LogP contribution in [0.4, 0.5) is 5.69 Å². The molecule has 35 heavy (non-hydrogen) atoms. The van der Waals surface area contributed by atoms with Gasteiger partial charge in [0, 0.05) is 16.9 Å². The van der Waals surface area contributed by atoms with E-state index >= 15 is 0 Å². The summed E-state index contributed by atoms with van der Waals surface area (Å²) in [6.45, 7) is 3.47. The van der Waals surface area contributed by atoms with E-state index in [9.17, 15) is 9.59 Å². The molecule has 0 fully saturated rings. The van der Waals surface area contributed by atoms with Gasteiger partial charge in [0.1, 0.15) is 11.5 Å². The Morgan fingerprint density at radius 2 is 1.69 bits per heavy atom. The summed E-state index contributed by atoms with van der Waals surface area (Å²) in [6.07, 6.45) is 4.47. The van der Waals surface area contributed by atoms with Gasteiger partial charge in [-0.1, -0.05) is 30.3 Å². The van der Waals surface area contributed by atoms with Gasteiger partial charge in [-0.2, -0.15) is 0 Å². The lowest BCUT2D eigenvalue weighted by atomic mass is 10.2. The Balaban J connectivity index is 1.56. The third-order valence-electron chi connectivity index (χ3n) is 5.33. The van der Waals surface area contributed by atoms with Crippen molar-refractivity contribution in [2.75, 3.05) is 5.32 Å². The molecule has 2 aromatic heterocycles. The summed E-state index contributed by atoms with van der Waals surface area (Å²) in [5.41, 5.74) is 2.85. The number of benzene rings is 3. The first-order valence-electron chi connectivity index (χ1n) is 10.7. The highest BCUT2D eigenvalue weighted by atomic mass is 35.5. The Hall–Kier alpha value is -4.62. The van der Waals surface area contributed by atoms with Crippen LogP contribution in [0.1, 0.15) is 0 Å². The van der Waals surface area contributed by atoms with Gasteiger partial charge in [0.25, 0.3) is 0 Å². The minimum absolute atomic E-state index is 0.274. The molecule has 0 saturated heterocycles. The maximum Gasteiger partial charge on any atom is 0.338 e. The quantitative estimate of drug-likeness (QED) is 0.313. The predicted molar refractivity (Wildman–Crippen MR) is 137 cm³/mol. The number of imidazole rings is 1. The number of hydrogen-bond donors (Lipinski definition) is 1. The van der Waals surface area contributed by atoms with Gasteiger partial charge < -0.3 is 10.1 Å². The van der Waals surface area contributed by atoms with Crippen LogP contribution in [0.25, 0.3) is 22.4 Å². The Kier molecular flexibility index (Phi) is 5.91. The predicted octanol–water partition coefficient (Wildman–Crippen LogP) is 5.75. The molecule has 0 aliphatic heterocycles. The van der Waals surface area contributed by atoms with E-state index in [0.717, 1.165) is 0 Å². The van der Waals surface area contributed by atoms with Crippen LogP contribution < -0.4 is 15.7 Å². The highest BCUT2D eigenvalue weighted by molar-refractivity contribution is 6.30. The zero-order chi connectivity index (χ0) is 24.4. The molecule has 2 heterocycles. The van der Waals surface area contributed by atoms with Gasteiger partial charge in [-0.05, 0) is 72.8 Å². The minimum atomic E-state index is -0.332. The number of ether oxygens (including phenoxy) is 1. The molecule has 0 unspecified atom stereocenters. The molecule has 0 saturated carbocycles. The molecule has 8 heteroatoms. The largest absolute Gasteiger partial charge is 0.457 e. The van der Waals surface area contributed by atoms with E-state index in [1.807, 2.05) is 12.1 Å². The number of pyridine rings is 1. The standard InChI is InChI=1S/C27H19ClN4O3/c1-2-26(33)30-19-6-4-7-21(16-19)32-24-13-14-29-17-25(24)31(27(32)34)20-9-11-22(12-10-20)35-23-8-3-5-18(28)15-23/h2-17H,1H2,(H,30,33). The molecule has 5 rings (SSSR count). The van der Waals surface area contributed by atoms with E-state index in [0.29, 0.717) is 44.6 Å². The Morgan fingerprint density at radius 1 is 0.914 bits per heavy atom. The lowest BCUT2D eigenvalue weighted by Crippen LogP contribution is -2.22. The number of nitrogens with one attached hydrogen (secondary N) is 1. The summed E-state index contributed by atoms with van der Waals surface area (Å²) in [5.74, 6) is 0.893. The van der Waals surface area contributed by atoms with E-state index in [2.05, 4.69) is 16.9 Å². The number of amides is 1. The number of carbonyl (C=O) groups is 1. The maximum absolute atomic E-state index is 13.6. The topological polar surface area (TPSA) is 78.2 Å². The summed E-state index contributed by atoms with van der Waals surface area (Å²) in [4.78, 5) is 29.6. The number of fused-ring (bicyclic) bond motifs is 1. The zero-order valence-corrected chi connectivity index (χ0v) is 19.1. The number of nitrogens with zero attached hydrogens (tertiary/aromatic N) is 3. The van der Waals surface area contributed by atoms with E-state index < -0.39 is 0 Å². The van der Waals surface area contributed by atoms with Crippen molar-refractivity contribution in [3.63, 3.8) is 0 Å². The first-order valence-corrected chi connectivity index (χ1v) is 11.1. The summed E-state index contributed by atoms with van der Waals surface area (Å²) >= 11 is 6.03. The molecule has 1 N–H and O–H groups in total. The van der Waals surface area contributed by atoms with Crippen molar-refractivity contribution in [2.45, 2.75) is 0 Å². The number of anilines is 1. The molecule has 0 bridgehead atoms. The van der Waals surface area contributed by atoms with Crippen LogP contribution in [0.3, 0.4) is 0 Å². The number of hydrogen-bond acceptors (Lipinski definition) is 4. The molecular formula is C27H19ClN4O3. The highest BCUT2D eigenvalue weighted by Gasteiger charge is 2.16. The number of rotatable bonds is 6. The fourth-order valence-corrected chi connectivity index (χ4v) is 3.97. The Labute approximate surface area is 205 Å². The van der Waals surface area contributed by atoms with E-state index in [4.69, 9.17) is 16.3 Å². The van der Waals surface area contributed by atoms with Crippen molar-refractivity contribution < 1.29 is 9.53 Å². The average Bonchev–Trinajstić information content (AvgIpc) is 3.16. The molecule has 7 nitrogen and oxygen atoms in total. The van der Waals surface area contributed by atoms with Crippen LogP contribution in [0.2, 0.25) is 5.02 Å². The van der Waals surface area contributed by atoms with Crippen LogP contribution >= 0.6 is 11.6 Å². The van der Waals surface area contributed by atoms with Crippen LogP contribution in [0.5, 0.6) is 11.5 Å². The molecule has 5 aromatic rings. The average molecular weight is 483 g/mol. The van der Waals surface area contributed by atoms with Crippen LogP contribution in [0, 0.1) is 0 Å². The van der Waals surface area contributed by atoms with Crippen LogP contribution in [-0.2, 0) is 4.79 Å². The Bertz CT molecular complexity index is 1620. The van der Waals surface area contributed by atoms with Gasteiger partial charge in [0.2, 0.25) is 5.91 Å². The van der Waals surface area contributed by atoms with Crippen LogP contribution in [-0.4, -0.2) is 20.0 Å². The van der Waals surface area contributed by atoms with Crippen LogP contribution in [0.15, 0.2) is 109 Å². The molecule has 0 spiro atoms. The summed E-state index contributed by atoms with van der Waals surface area (Å²) in [7, 11) is 0. The fraction of sp³-hybridized carbons (Fsp3) is 0. The molecule has 172 valence electrons. The van der Waals surface area contributed by atoms with Crippen molar-refractivity contribution in [1.29, 1.82) is 0 Å². The normalized spacial score (nSPS) is 10.8. The smallest absolute Gasteiger partial charge is 0.338 e.